The van der Waals surface area contributed by atoms with Gasteiger partial charge in [0.2, 0.25) is 0 Å². The number of hydrogen-bond donors (Lipinski definition) is 1. The molecule has 5 aliphatic rings. The zero-order valence-corrected chi connectivity index (χ0v) is 18.3. The fourth-order valence-electron chi connectivity index (χ4n) is 7.32. The second-order valence-electron chi connectivity index (χ2n) is 10.5. The third-order valence-corrected chi connectivity index (χ3v) is 8.86. The van der Waals surface area contributed by atoms with Gasteiger partial charge in [0.25, 0.3) is 0 Å². The minimum absolute atomic E-state index is 0.149. The van der Waals surface area contributed by atoms with Crippen LogP contribution in [0.25, 0.3) is 0 Å². The molecule has 166 valence electrons. The number of phenols is 1. The van der Waals surface area contributed by atoms with Gasteiger partial charge in [0.1, 0.15) is 0 Å². The molecule has 7 rings (SSSR count). The van der Waals surface area contributed by atoms with Gasteiger partial charge in [-0.05, 0) is 61.8 Å². The second kappa shape index (κ2) is 6.58. The van der Waals surface area contributed by atoms with E-state index in [1.165, 1.54) is 18.4 Å². The minimum Gasteiger partial charge on any atom is -0.504 e. The number of carbonyl (C=O) groups is 1. The summed E-state index contributed by atoms with van der Waals surface area (Å²) in [5.74, 6) is 1.63. The maximum Gasteiger partial charge on any atom is 0.174 e. The van der Waals surface area contributed by atoms with Crippen molar-refractivity contribution in [1.29, 1.82) is 0 Å². The Morgan fingerprint density at radius 2 is 1.97 bits per heavy atom. The third-order valence-electron chi connectivity index (χ3n) is 8.86. The molecule has 1 spiro atoms. The van der Waals surface area contributed by atoms with Crippen molar-refractivity contribution in [2.24, 2.45) is 5.92 Å². The van der Waals surface area contributed by atoms with Crippen LogP contribution in [0.1, 0.15) is 48.8 Å². The lowest BCUT2D eigenvalue weighted by atomic mass is 9.48. The smallest absolute Gasteiger partial charge is 0.174 e. The highest BCUT2D eigenvalue weighted by Gasteiger charge is 2.74. The molecule has 4 atom stereocenters. The Morgan fingerprint density at radius 3 is 2.78 bits per heavy atom. The van der Waals surface area contributed by atoms with E-state index in [2.05, 4.69) is 23.1 Å². The van der Waals surface area contributed by atoms with Crippen molar-refractivity contribution < 1.29 is 19.4 Å². The number of benzene rings is 2. The maximum atomic E-state index is 13.2. The van der Waals surface area contributed by atoms with Gasteiger partial charge >= 0.3 is 0 Å². The molecule has 1 unspecified atom stereocenters. The molecule has 0 amide bonds. The Balaban J connectivity index is 1.40. The summed E-state index contributed by atoms with van der Waals surface area (Å²) in [6.07, 6.45) is 5.01. The molecular weight excluding hydrogens is 402 g/mol. The molecule has 3 fully saturated rings. The van der Waals surface area contributed by atoms with Gasteiger partial charge in [-0.25, -0.2) is 0 Å². The van der Waals surface area contributed by atoms with Crippen molar-refractivity contribution in [2.45, 2.75) is 68.3 Å². The molecule has 2 aliphatic heterocycles. The van der Waals surface area contributed by atoms with Crippen LogP contribution in [0.4, 0.5) is 0 Å². The molecular formula is C27H29NO4. The van der Waals surface area contributed by atoms with Crippen molar-refractivity contribution in [2.75, 3.05) is 13.1 Å². The first-order valence-electron chi connectivity index (χ1n) is 12.1. The van der Waals surface area contributed by atoms with Gasteiger partial charge in [-0.2, -0.15) is 0 Å². The Morgan fingerprint density at radius 1 is 1.12 bits per heavy atom. The molecule has 2 aromatic rings. The van der Waals surface area contributed by atoms with Gasteiger partial charge in [-0.1, -0.05) is 36.4 Å². The number of hydrogen-bond acceptors (Lipinski definition) is 5. The van der Waals surface area contributed by atoms with E-state index in [4.69, 9.17) is 9.47 Å². The van der Waals surface area contributed by atoms with E-state index in [1.807, 2.05) is 18.2 Å². The van der Waals surface area contributed by atoms with Crippen LogP contribution in [0.5, 0.6) is 11.5 Å². The maximum absolute atomic E-state index is 13.2. The topological polar surface area (TPSA) is 59.0 Å². The monoisotopic (exact) mass is 431 g/mol. The number of nitrogens with zero attached hydrogens (tertiary/aromatic N) is 1. The molecule has 5 heteroatoms. The summed E-state index contributed by atoms with van der Waals surface area (Å²) in [5, 5.41) is 10.7. The molecule has 2 heterocycles. The van der Waals surface area contributed by atoms with Crippen LogP contribution in [0.15, 0.2) is 42.5 Å². The van der Waals surface area contributed by atoms with Crippen molar-refractivity contribution in [3.63, 3.8) is 0 Å². The fraction of sp³-hybridized carbons (Fsp3) is 0.519. The molecule has 3 aliphatic carbocycles. The molecule has 32 heavy (non-hydrogen) atoms. The van der Waals surface area contributed by atoms with Crippen molar-refractivity contribution in [3.05, 3.63) is 59.2 Å². The molecule has 1 saturated heterocycles. The number of Topliss-reactive ketones (excluding diaryl/α,β-unsaturated/α-hetero) is 1. The number of phenolic OH excluding ortho intramolecular Hbond substituents is 1. The third kappa shape index (κ3) is 2.39. The van der Waals surface area contributed by atoms with Crippen LogP contribution in [0, 0.1) is 5.92 Å². The highest BCUT2D eigenvalue weighted by Crippen LogP contribution is 2.66. The van der Waals surface area contributed by atoms with Gasteiger partial charge in [0.05, 0.1) is 17.6 Å². The van der Waals surface area contributed by atoms with Gasteiger partial charge in [0.15, 0.2) is 23.4 Å². The lowest BCUT2D eigenvalue weighted by Crippen LogP contribution is -2.77. The van der Waals surface area contributed by atoms with E-state index in [-0.39, 0.29) is 17.6 Å². The Labute approximate surface area is 188 Å². The van der Waals surface area contributed by atoms with E-state index < -0.39 is 17.1 Å². The Bertz CT molecular complexity index is 1100. The van der Waals surface area contributed by atoms with E-state index in [1.54, 1.807) is 6.07 Å². The van der Waals surface area contributed by atoms with Crippen LogP contribution >= 0.6 is 0 Å². The number of aromatic hydroxyl groups is 1. The first kappa shape index (κ1) is 19.1. The minimum atomic E-state index is -0.556. The lowest BCUT2D eigenvalue weighted by molar-refractivity contribution is -0.218. The van der Waals surface area contributed by atoms with Crippen LogP contribution in [0.2, 0.25) is 0 Å². The summed E-state index contributed by atoms with van der Waals surface area (Å²) in [5.41, 5.74) is 2.44. The van der Waals surface area contributed by atoms with E-state index in [0.717, 1.165) is 49.4 Å². The van der Waals surface area contributed by atoms with Gasteiger partial charge in [-0.3, -0.25) is 9.69 Å². The molecule has 2 aromatic carbocycles. The summed E-state index contributed by atoms with van der Waals surface area (Å²) in [7, 11) is 0. The van der Waals surface area contributed by atoms with Crippen LogP contribution < -0.4 is 4.74 Å². The number of likely N-dealkylation sites (tertiary alicyclic amines) is 1. The van der Waals surface area contributed by atoms with E-state index in [0.29, 0.717) is 18.8 Å². The normalized spacial score (nSPS) is 34.8. The number of carbonyl (C=O) groups excluding carboxylic acids is 1. The summed E-state index contributed by atoms with van der Waals surface area (Å²) >= 11 is 0. The quantitative estimate of drug-likeness (QED) is 0.781. The molecule has 2 bridgehead atoms. The first-order valence-corrected chi connectivity index (χ1v) is 12.1. The Kier molecular flexibility index (Phi) is 3.93. The summed E-state index contributed by atoms with van der Waals surface area (Å²) in [6, 6.07) is 14.4. The molecule has 0 aromatic heterocycles. The summed E-state index contributed by atoms with van der Waals surface area (Å²) in [4.78, 5) is 15.9. The highest BCUT2D eigenvalue weighted by molar-refractivity contribution is 5.90. The van der Waals surface area contributed by atoms with Gasteiger partial charge in [0, 0.05) is 24.6 Å². The van der Waals surface area contributed by atoms with Gasteiger partial charge in [-0.15, -0.1) is 0 Å². The van der Waals surface area contributed by atoms with Gasteiger partial charge < -0.3 is 14.6 Å². The fourth-order valence-corrected chi connectivity index (χ4v) is 7.32. The number of ketones is 1. The lowest BCUT2D eigenvalue weighted by Gasteiger charge is -2.64. The zero-order chi connectivity index (χ0) is 21.5. The first-order chi connectivity index (χ1) is 15.6. The number of ether oxygens (including phenoxy) is 2. The summed E-state index contributed by atoms with van der Waals surface area (Å²) < 4.78 is 13.4. The number of rotatable bonds is 5. The van der Waals surface area contributed by atoms with Crippen LogP contribution in [-0.4, -0.2) is 46.6 Å². The van der Waals surface area contributed by atoms with Crippen LogP contribution in [0.3, 0.4) is 0 Å². The SMILES string of the molecule is O=C1CCC2(OCc3ccccc3)[C@H]3Cc4ccc(O)c5c4[C@@]2(CCN3CC2CC2)[C@H]1O5. The molecule has 0 radical (unpaired) electrons. The zero-order valence-electron chi connectivity index (χ0n) is 18.3. The highest BCUT2D eigenvalue weighted by atomic mass is 16.5. The number of piperidine rings is 1. The molecule has 1 N–H and O–H groups in total. The average Bonchev–Trinajstić information content (AvgIpc) is 3.55. The predicted octanol–water partition coefficient (Wildman–Crippen LogP) is 3.75. The summed E-state index contributed by atoms with van der Waals surface area (Å²) in [6.45, 7) is 2.61. The van der Waals surface area contributed by atoms with Crippen molar-refractivity contribution in [1.82, 2.24) is 4.90 Å². The van der Waals surface area contributed by atoms with Crippen LogP contribution in [-0.2, 0) is 28.0 Å². The van der Waals surface area contributed by atoms with Crippen molar-refractivity contribution >= 4 is 5.78 Å². The average molecular weight is 432 g/mol. The second-order valence-corrected chi connectivity index (χ2v) is 10.5. The molecule has 5 nitrogen and oxygen atoms in total. The van der Waals surface area contributed by atoms with E-state index in [9.17, 15) is 9.90 Å². The standard InChI is InChI=1S/C27H29NO4/c29-20-9-8-19-14-22-27(31-16-18-4-2-1-3-5-18)11-10-21(30)25-26(27,23(19)24(20)32-25)12-13-28(22)15-17-6-7-17/h1-5,8-9,17,22,25,29H,6-7,10-16H2/t22-,25+,26+,27?/m1/s1. The largest absolute Gasteiger partial charge is 0.504 e. The predicted molar refractivity (Wildman–Crippen MR) is 119 cm³/mol. The van der Waals surface area contributed by atoms with Crippen molar-refractivity contribution in [3.8, 4) is 11.5 Å². The molecule has 2 saturated carbocycles. The Hall–Kier alpha value is -2.37. The van der Waals surface area contributed by atoms with E-state index >= 15 is 0 Å².